The molecule has 2 heterocycles. The number of pyridine rings is 1. The van der Waals surface area contributed by atoms with E-state index in [9.17, 15) is 0 Å². The van der Waals surface area contributed by atoms with E-state index in [-0.39, 0.29) is 0 Å². The summed E-state index contributed by atoms with van der Waals surface area (Å²) in [6.07, 6.45) is 3.67. The average Bonchev–Trinajstić information content (AvgIpc) is 2.89. The predicted octanol–water partition coefficient (Wildman–Crippen LogP) is 3.70. The van der Waals surface area contributed by atoms with Crippen LogP contribution in [0, 0.1) is 11.8 Å². The molecule has 0 bridgehead atoms. The Kier molecular flexibility index (Phi) is 2.61. The van der Waals surface area contributed by atoms with E-state index in [2.05, 4.69) is 29.0 Å². The van der Waals surface area contributed by atoms with Gasteiger partial charge < -0.3 is 0 Å². The average molecular weight is 235 g/mol. The molecule has 0 saturated heterocycles. The molecule has 0 amide bonds. The summed E-state index contributed by atoms with van der Waals surface area (Å²) in [5, 5.41) is 4.36. The minimum absolute atomic E-state index is 1.04. The van der Waals surface area contributed by atoms with Crippen molar-refractivity contribution in [2.75, 3.05) is 0 Å². The molecule has 0 aliphatic carbocycles. The molecule has 0 fully saturated rings. The summed E-state index contributed by atoms with van der Waals surface area (Å²) < 4.78 is 0. The number of hydrogen-bond donors (Lipinski definition) is 0. The van der Waals surface area contributed by atoms with Crippen LogP contribution in [0.4, 0.5) is 0 Å². The maximum absolute atomic E-state index is 4.09. The van der Waals surface area contributed by atoms with Crippen LogP contribution in [0.5, 0.6) is 0 Å². The molecule has 0 aliphatic heterocycles. The highest BCUT2D eigenvalue weighted by Crippen LogP contribution is 2.14. The number of nitrogens with zero attached hydrogens (tertiary/aromatic N) is 1. The summed E-state index contributed by atoms with van der Waals surface area (Å²) in [7, 11) is 0. The monoisotopic (exact) mass is 235 g/mol. The Morgan fingerprint density at radius 3 is 2.88 bits per heavy atom. The number of aromatic nitrogens is 1. The van der Waals surface area contributed by atoms with Gasteiger partial charge in [0.2, 0.25) is 0 Å². The number of fused-ring (bicyclic) bond motifs is 1. The van der Waals surface area contributed by atoms with Crippen LogP contribution in [0.15, 0.2) is 54.2 Å². The number of hydrogen-bond acceptors (Lipinski definition) is 2. The molecule has 1 nitrogen and oxygen atoms in total. The zero-order valence-corrected chi connectivity index (χ0v) is 9.87. The molecule has 3 rings (SSSR count). The van der Waals surface area contributed by atoms with Crippen molar-refractivity contribution in [1.82, 2.24) is 4.98 Å². The fraction of sp³-hybridized carbons (Fsp3) is 0. The van der Waals surface area contributed by atoms with Crippen LogP contribution >= 0.6 is 11.3 Å². The van der Waals surface area contributed by atoms with Gasteiger partial charge in [0.15, 0.2) is 0 Å². The highest BCUT2D eigenvalue weighted by atomic mass is 32.1. The Bertz CT molecular complexity index is 702. The van der Waals surface area contributed by atoms with E-state index in [0.717, 1.165) is 15.8 Å². The highest BCUT2D eigenvalue weighted by molar-refractivity contribution is 7.10. The zero-order valence-electron chi connectivity index (χ0n) is 9.05. The quantitative estimate of drug-likeness (QED) is 0.541. The van der Waals surface area contributed by atoms with E-state index in [4.69, 9.17) is 0 Å². The third-order valence-electron chi connectivity index (χ3n) is 2.49. The molecule has 2 heteroatoms. The lowest BCUT2D eigenvalue weighted by Gasteiger charge is -1.96. The molecule has 0 aliphatic rings. The minimum Gasteiger partial charge on any atom is -0.264 e. The van der Waals surface area contributed by atoms with Crippen molar-refractivity contribution in [3.8, 4) is 11.8 Å². The normalized spacial score (nSPS) is 9.88. The summed E-state index contributed by atoms with van der Waals surface area (Å²) >= 11 is 1.66. The van der Waals surface area contributed by atoms with E-state index in [1.165, 1.54) is 5.39 Å². The van der Waals surface area contributed by atoms with Crippen molar-refractivity contribution in [3.63, 3.8) is 0 Å². The highest BCUT2D eigenvalue weighted by Gasteiger charge is 1.93. The first kappa shape index (κ1) is 10.1. The Balaban J connectivity index is 2.01. The maximum atomic E-state index is 4.09. The molecule has 3 aromatic rings. The van der Waals surface area contributed by atoms with E-state index >= 15 is 0 Å². The molecule has 1 aromatic carbocycles. The lowest BCUT2D eigenvalue weighted by atomic mass is 10.1. The van der Waals surface area contributed by atoms with Crippen molar-refractivity contribution < 1.29 is 0 Å². The summed E-state index contributed by atoms with van der Waals surface area (Å²) in [5.41, 5.74) is 1.04. The van der Waals surface area contributed by atoms with Crippen molar-refractivity contribution in [2.24, 2.45) is 0 Å². The van der Waals surface area contributed by atoms with Crippen LogP contribution in [-0.4, -0.2) is 4.98 Å². The minimum atomic E-state index is 1.04. The third kappa shape index (κ3) is 2.20. The van der Waals surface area contributed by atoms with Crippen LogP contribution in [0.2, 0.25) is 0 Å². The van der Waals surface area contributed by atoms with Gasteiger partial charge in [-0.15, -0.1) is 11.3 Å². The first-order chi connectivity index (χ1) is 8.42. The molecular formula is C15H9NS. The SMILES string of the molecule is C(#Cc1cccs1)c1ccc2cnccc2c1. The van der Waals surface area contributed by atoms with E-state index < -0.39 is 0 Å². The van der Waals surface area contributed by atoms with Crippen LogP contribution in [-0.2, 0) is 0 Å². The van der Waals surface area contributed by atoms with Gasteiger partial charge in [-0.05, 0) is 35.0 Å². The fourth-order valence-corrected chi connectivity index (χ4v) is 2.22. The molecule has 80 valence electrons. The fourth-order valence-electron chi connectivity index (χ4n) is 1.64. The first-order valence-corrected chi connectivity index (χ1v) is 6.19. The van der Waals surface area contributed by atoms with Gasteiger partial charge in [0.05, 0.1) is 4.88 Å². The second kappa shape index (κ2) is 4.40. The Morgan fingerprint density at radius 2 is 2.00 bits per heavy atom. The van der Waals surface area contributed by atoms with Gasteiger partial charge in [0.25, 0.3) is 0 Å². The van der Waals surface area contributed by atoms with Crippen molar-refractivity contribution >= 4 is 22.1 Å². The summed E-state index contributed by atoms with van der Waals surface area (Å²) in [5.74, 6) is 6.34. The van der Waals surface area contributed by atoms with E-state index in [1.54, 1.807) is 17.5 Å². The molecule has 0 atom stereocenters. The first-order valence-electron chi connectivity index (χ1n) is 5.31. The molecule has 0 saturated carbocycles. The second-order valence-electron chi connectivity index (χ2n) is 3.66. The van der Waals surface area contributed by atoms with Gasteiger partial charge in [0.1, 0.15) is 0 Å². The van der Waals surface area contributed by atoms with Crippen LogP contribution in [0.3, 0.4) is 0 Å². The Labute approximate surface area is 104 Å². The van der Waals surface area contributed by atoms with Gasteiger partial charge in [-0.2, -0.15) is 0 Å². The van der Waals surface area contributed by atoms with Crippen LogP contribution in [0.1, 0.15) is 10.4 Å². The van der Waals surface area contributed by atoms with Crippen LogP contribution in [0.25, 0.3) is 10.8 Å². The lowest BCUT2D eigenvalue weighted by Crippen LogP contribution is -1.78. The van der Waals surface area contributed by atoms with Gasteiger partial charge in [-0.25, -0.2) is 0 Å². The lowest BCUT2D eigenvalue weighted by molar-refractivity contribution is 1.36. The van der Waals surface area contributed by atoms with Gasteiger partial charge >= 0.3 is 0 Å². The standard InChI is InChI=1S/C15H9NS/c1-2-15(17-9-1)6-4-12-3-5-14-11-16-8-7-13(14)10-12/h1-3,5,7-11H. The Hall–Kier alpha value is -2.11. The molecule has 0 N–H and O–H groups in total. The van der Waals surface area contributed by atoms with Gasteiger partial charge in [-0.3, -0.25) is 4.98 Å². The maximum Gasteiger partial charge on any atom is 0.0772 e. The Morgan fingerprint density at radius 1 is 1.00 bits per heavy atom. The second-order valence-corrected chi connectivity index (χ2v) is 4.61. The largest absolute Gasteiger partial charge is 0.264 e. The van der Waals surface area contributed by atoms with Gasteiger partial charge in [0, 0.05) is 23.3 Å². The number of rotatable bonds is 0. The van der Waals surface area contributed by atoms with Crippen molar-refractivity contribution in [3.05, 3.63) is 64.6 Å². The predicted molar refractivity (Wildman–Crippen MR) is 72.0 cm³/mol. The third-order valence-corrected chi connectivity index (χ3v) is 3.28. The summed E-state index contributed by atoms with van der Waals surface area (Å²) in [4.78, 5) is 5.19. The van der Waals surface area contributed by atoms with Crippen molar-refractivity contribution in [2.45, 2.75) is 0 Å². The topological polar surface area (TPSA) is 12.9 Å². The molecule has 0 radical (unpaired) electrons. The summed E-state index contributed by atoms with van der Waals surface area (Å²) in [6, 6.07) is 12.2. The van der Waals surface area contributed by atoms with E-state index in [0.29, 0.717) is 0 Å². The number of thiophene rings is 1. The molecule has 0 unspecified atom stereocenters. The van der Waals surface area contributed by atoms with Crippen molar-refractivity contribution in [1.29, 1.82) is 0 Å². The van der Waals surface area contributed by atoms with E-state index in [1.807, 2.05) is 35.8 Å². The van der Waals surface area contributed by atoms with Gasteiger partial charge in [-0.1, -0.05) is 24.0 Å². The molecule has 17 heavy (non-hydrogen) atoms. The molecular weight excluding hydrogens is 226 g/mol. The smallest absolute Gasteiger partial charge is 0.0772 e. The number of benzene rings is 1. The van der Waals surface area contributed by atoms with Crippen LogP contribution < -0.4 is 0 Å². The summed E-state index contributed by atoms with van der Waals surface area (Å²) in [6.45, 7) is 0. The molecule has 2 aromatic heterocycles. The zero-order chi connectivity index (χ0) is 11.5. The molecule has 0 spiro atoms.